The first-order valence-corrected chi connectivity index (χ1v) is 8.38. The van der Waals surface area contributed by atoms with Crippen LogP contribution in [0.25, 0.3) is 0 Å². The molecular formula is C18H22N2OS. The predicted molar refractivity (Wildman–Crippen MR) is 93.4 cm³/mol. The summed E-state index contributed by atoms with van der Waals surface area (Å²) in [5.41, 5.74) is 2.34. The summed E-state index contributed by atoms with van der Waals surface area (Å²) in [5.74, 6) is 0.852. The Morgan fingerprint density at radius 3 is 2.59 bits per heavy atom. The first-order valence-electron chi connectivity index (χ1n) is 7.57. The van der Waals surface area contributed by atoms with Gasteiger partial charge in [-0.05, 0) is 44.3 Å². The molecule has 0 saturated carbocycles. The molecule has 0 spiro atoms. The van der Waals surface area contributed by atoms with Crippen LogP contribution >= 0.6 is 11.8 Å². The number of hydrogen-bond donors (Lipinski definition) is 1. The van der Waals surface area contributed by atoms with Crippen molar-refractivity contribution in [2.24, 2.45) is 5.92 Å². The van der Waals surface area contributed by atoms with Crippen LogP contribution in [0.2, 0.25) is 0 Å². The van der Waals surface area contributed by atoms with Crippen LogP contribution in [0.4, 0.5) is 11.4 Å². The fourth-order valence-corrected chi connectivity index (χ4v) is 4.08. The molecule has 0 radical (unpaired) electrons. The topological polar surface area (TPSA) is 26.7 Å². The van der Waals surface area contributed by atoms with Crippen molar-refractivity contribution in [1.82, 2.24) is 4.90 Å². The van der Waals surface area contributed by atoms with Crippen LogP contribution in [0.15, 0.2) is 52.3 Å². The molecule has 2 aromatic rings. The fourth-order valence-electron chi connectivity index (χ4n) is 3.01. The van der Waals surface area contributed by atoms with Crippen molar-refractivity contribution in [3.8, 4) is 5.75 Å². The van der Waals surface area contributed by atoms with Crippen LogP contribution in [-0.2, 0) is 0 Å². The molecule has 0 unspecified atom stereocenters. The summed E-state index contributed by atoms with van der Waals surface area (Å²) in [6.07, 6.45) is 0. The average Bonchev–Trinajstić information content (AvgIpc) is 2.47. The predicted octanol–water partition coefficient (Wildman–Crippen LogP) is 4.19. The van der Waals surface area contributed by atoms with Crippen molar-refractivity contribution in [3.63, 3.8) is 0 Å². The van der Waals surface area contributed by atoms with Crippen LogP contribution in [0.3, 0.4) is 0 Å². The summed E-state index contributed by atoms with van der Waals surface area (Å²) in [5, 5.41) is 9.89. The van der Waals surface area contributed by atoms with Gasteiger partial charge in [0, 0.05) is 28.9 Å². The lowest BCUT2D eigenvalue weighted by Crippen LogP contribution is -2.31. The quantitative estimate of drug-likeness (QED) is 0.915. The standard InChI is InChI=1S/C18H22N2OS/c1-13(11-19(2)3)12-20-15-6-4-5-7-17(15)22-18-9-8-14(21)10-16(18)20/h4-10,13,21H,11-12H2,1-3H3/t13-/m1/s1. The summed E-state index contributed by atoms with van der Waals surface area (Å²) in [4.78, 5) is 7.04. The molecule has 0 fully saturated rings. The molecule has 0 saturated heterocycles. The van der Waals surface area contributed by atoms with Crippen LogP contribution in [-0.4, -0.2) is 37.2 Å². The van der Waals surface area contributed by atoms with Gasteiger partial charge >= 0.3 is 0 Å². The number of hydrogen-bond acceptors (Lipinski definition) is 4. The molecule has 1 aliphatic heterocycles. The summed E-state index contributed by atoms with van der Waals surface area (Å²) < 4.78 is 0. The normalized spacial score (nSPS) is 14.6. The van der Waals surface area contributed by atoms with E-state index in [4.69, 9.17) is 0 Å². The molecule has 3 nitrogen and oxygen atoms in total. The van der Waals surface area contributed by atoms with Crippen LogP contribution < -0.4 is 4.90 Å². The van der Waals surface area contributed by atoms with Gasteiger partial charge in [-0.15, -0.1) is 0 Å². The molecule has 0 bridgehead atoms. The number of para-hydroxylation sites is 1. The molecule has 0 amide bonds. The van der Waals surface area contributed by atoms with Gasteiger partial charge in [0.15, 0.2) is 0 Å². The second kappa shape index (κ2) is 6.23. The van der Waals surface area contributed by atoms with Gasteiger partial charge < -0.3 is 14.9 Å². The number of benzene rings is 2. The first-order chi connectivity index (χ1) is 10.5. The van der Waals surface area contributed by atoms with E-state index in [2.05, 4.69) is 55.1 Å². The SMILES string of the molecule is C[C@H](CN(C)C)CN1c2ccccc2Sc2ccc(O)cc21. The third kappa shape index (κ3) is 3.08. The van der Waals surface area contributed by atoms with E-state index in [9.17, 15) is 5.11 Å². The Labute approximate surface area is 136 Å². The first kappa shape index (κ1) is 15.3. The lowest BCUT2D eigenvalue weighted by Gasteiger charge is -2.35. The molecule has 1 aliphatic rings. The monoisotopic (exact) mass is 314 g/mol. The summed E-state index contributed by atoms with van der Waals surface area (Å²) in [7, 11) is 4.21. The third-order valence-corrected chi connectivity index (χ3v) is 4.91. The Balaban J connectivity index is 1.98. The minimum Gasteiger partial charge on any atom is -0.508 e. The molecule has 1 atom stereocenters. The number of nitrogens with zero attached hydrogens (tertiary/aromatic N) is 2. The summed E-state index contributed by atoms with van der Waals surface area (Å²) in [6, 6.07) is 14.1. The molecule has 2 aromatic carbocycles. The number of anilines is 2. The molecule has 22 heavy (non-hydrogen) atoms. The summed E-state index contributed by atoms with van der Waals surface area (Å²) in [6.45, 7) is 4.25. The zero-order valence-corrected chi connectivity index (χ0v) is 14.1. The number of fused-ring (bicyclic) bond motifs is 2. The smallest absolute Gasteiger partial charge is 0.117 e. The van der Waals surface area contributed by atoms with Crippen LogP contribution in [0.1, 0.15) is 6.92 Å². The zero-order chi connectivity index (χ0) is 15.7. The van der Waals surface area contributed by atoms with E-state index in [0.717, 1.165) is 18.8 Å². The second-order valence-electron chi connectivity index (χ2n) is 6.20. The zero-order valence-electron chi connectivity index (χ0n) is 13.3. The maximum Gasteiger partial charge on any atom is 0.117 e. The third-order valence-electron chi connectivity index (χ3n) is 3.78. The lowest BCUT2D eigenvalue weighted by atomic mass is 10.1. The summed E-state index contributed by atoms with van der Waals surface area (Å²) >= 11 is 1.77. The fraction of sp³-hybridized carbons (Fsp3) is 0.333. The molecule has 116 valence electrons. The number of phenols is 1. The highest BCUT2D eigenvalue weighted by atomic mass is 32.2. The van der Waals surface area contributed by atoms with Crippen LogP contribution in [0, 0.1) is 5.92 Å². The van der Waals surface area contributed by atoms with Gasteiger partial charge in [0.1, 0.15) is 5.75 Å². The van der Waals surface area contributed by atoms with E-state index in [0.29, 0.717) is 11.7 Å². The van der Waals surface area contributed by atoms with Crippen molar-refractivity contribution in [3.05, 3.63) is 42.5 Å². The van der Waals surface area contributed by atoms with E-state index in [-0.39, 0.29) is 0 Å². The highest BCUT2D eigenvalue weighted by molar-refractivity contribution is 7.99. The van der Waals surface area contributed by atoms with E-state index < -0.39 is 0 Å². The Morgan fingerprint density at radius 1 is 1.09 bits per heavy atom. The van der Waals surface area contributed by atoms with Crippen molar-refractivity contribution in [2.45, 2.75) is 16.7 Å². The van der Waals surface area contributed by atoms with E-state index in [1.54, 1.807) is 17.8 Å². The van der Waals surface area contributed by atoms with Gasteiger partial charge in [-0.1, -0.05) is 30.8 Å². The van der Waals surface area contributed by atoms with E-state index >= 15 is 0 Å². The molecule has 0 aliphatic carbocycles. The number of phenolic OH excluding ortho intramolecular Hbond substituents is 1. The minimum atomic E-state index is 0.323. The highest BCUT2D eigenvalue weighted by Gasteiger charge is 2.24. The van der Waals surface area contributed by atoms with Crippen molar-refractivity contribution in [2.75, 3.05) is 32.1 Å². The number of rotatable bonds is 4. The molecular weight excluding hydrogens is 292 g/mol. The lowest BCUT2D eigenvalue weighted by molar-refractivity contribution is 0.342. The van der Waals surface area contributed by atoms with Gasteiger partial charge in [0.05, 0.1) is 11.4 Å². The number of aromatic hydroxyl groups is 1. The molecule has 1 N–H and O–H groups in total. The maximum absolute atomic E-state index is 9.89. The highest BCUT2D eigenvalue weighted by Crippen LogP contribution is 2.49. The molecule has 0 aromatic heterocycles. The van der Waals surface area contributed by atoms with Gasteiger partial charge in [-0.2, -0.15) is 0 Å². The molecule has 1 heterocycles. The molecule has 4 heteroatoms. The van der Waals surface area contributed by atoms with E-state index in [1.807, 2.05) is 12.1 Å². The Kier molecular flexibility index (Phi) is 4.32. The van der Waals surface area contributed by atoms with E-state index in [1.165, 1.54) is 15.5 Å². The van der Waals surface area contributed by atoms with Gasteiger partial charge in [0.25, 0.3) is 0 Å². The van der Waals surface area contributed by atoms with Crippen molar-refractivity contribution < 1.29 is 5.11 Å². The van der Waals surface area contributed by atoms with Gasteiger partial charge in [-0.25, -0.2) is 0 Å². The minimum absolute atomic E-state index is 0.323. The van der Waals surface area contributed by atoms with Crippen molar-refractivity contribution >= 4 is 23.1 Å². The van der Waals surface area contributed by atoms with Gasteiger partial charge in [-0.3, -0.25) is 0 Å². The molecule has 3 rings (SSSR count). The second-order valence-corrected chi connectivity index (χ2v) is 7.28. The Bertz CT molecular complexity index is 672. The van der Waals surface area contributed by atoms with Crippen LogP contribution in [0.5, 0.6) is 5.75 Å². The van der Waals surface area contributed by atoms with Crippen molar-refractivity contribution in [1.29, 1.82) is 0 Å². The maximum atomic E-state index is 9.89. The largest absolute Gasteiger partial charge is 0.508 e. The van der Waals surface area contributed by atoms with Gasteiger partial charge in [0.2, 0.25) is 0 Å². The Morgan fingerprint density at radius 2 is 1.82 bits per heavy atom. The average molecular weight is 314 g/mol. The Hall–Kier alpha value is -1.65.